The van der Waals surface area contributed by atoms with Crippen molar-refractivity contribution >= 4 is 49.0 Å². The highest BCUT2D eigenvalue weighted by molar-refractivity contribution is 9.10. The van der Waals surface area contributed by atoms with Gasteiger partial charge in [-0.15, -0.1) is 0 Å². The molecule has 4 nitrogen and oxygen atoms in total. The third kappa shape index (κ3) is 3.69. The fourth-order valence-electron chi connectivity index (χ4n) is 1.68. The van der Waals surface area contributed by atoms with Crippen LogP contribution in [0.15, 0.2) is 39.7 Å². The minimum Gasteiger partial charge on any atom is -0.480 e. The summed E-state index contributed by atoms with van der Waals surface area (Å²) < 4.78 is 30.5. The summed E-state index contributed by atoms with van der Waals surface area (Å²) in [6.45, 7) is 0. The van der Waals surface area contributed by atoms with Crippen molar-refractivity contribution in [3.63, 3.8) is 0 Å². The molecule has 0 aliphatic rings. The molecule has 8 heteroatoms. The predicted molar refractivity (Wildman–Crippen MR) is 85.8 cm³/mol. The molecule has 21 heavy (non-hydrogen) atoms. The second-order valence-electron chi connectivity index (χ2n) is 4.10. The van der Waals surface area contributed by atoms with Crippen LogP contribution in [-0.4, -0.2) is 20.5 Å². The van der Waals surface area contributed by atoms with Crippen LogP contribution in [0.1, 0.15) is 5.69 Å². The van der Waals surface area contributed by atoms with Crippen LogP contribution < -0.4 is 4.74 Å². The maximum Gasteiger partial charge on any atom is 0.227 e. The number of benzene rings is 1. The minimum absolute atomic E-state index is 0.0136. The van der Waals surface area contributed by atoms with Crippen LogP contribution in [0.2, 0.25) is 10.0 Å². The largest absolute Gasteiger partial charge is 0.480 e. The molecular formula is C13H10BrCl2NO3S. The summed E-state index contributed by atoms with van der Waals surface area (Å²) in [4.78, 5) is 4.12. The van der Waals surface area contributed by atoms with Gasteiger partial charge in [-0.2, -0.15) is 0 Å². The van der Waals surface area contributed by atoms with E-state index in [0.29, 0.717) is 16.0 Å². The maximum absolute atomic E-state index is 12.4. The molecule has 2 rings (SSSR count). The minimum atomic E-state index is -3.65. The molecule has 0 aliphatic carbocycles. The molecule has 0 saturated heterocycles. The fourth-order valence-corrected chi connectivity index (χ4v) is 4.15. The Bertz CT molecular complexity index is 781. The van der Waals surface area contributed by atoms with Crippen molar-refractivity contribution in [1.82, 2.24) is 4.98 Å². The molecule has 0 aliphatic heterocycles. The van der Waals surface area contributed by atoms with Crippen molar-refractivity contribution in [2.45, 2.75) is 10.6 Å². The maximum atomic E-state index is 12.4. The van der Waals surface area contributed by atoms with Crippen molar-refractivity contribution in [2.24, 2.45) is 0 Å². The summed E-state index contributed by atoms with van der Waals surface area (Å²) in [7, 11) is -2.20. The molecule has 0 bridgehead atoms. The van der Waals surface area contributed by atoms with Gasteiger partial charge in [-0.25, -0.2) is 13.4 Å². The monoisotopic (exact) mass is 409 g/mol. The van der Waals surface area contributed by atoms with Crippen molar-refractivity contribution in [3.05, 3.63) is 50.5 Å². The third-order valence-electron chi connectivity index (χ3n) is 2.65. The first-order valence-electron chi connectivity index (χ1n) is 5.71. The molecule has 2 aromatic rings. The second kappa shape index (κ2) is 6.52. The molecule has 0 fully saturated rings. The first-order valence-corrected chi connectivity index (χ1v) is 8.91. The third-order valence-corrected chi connectivity index (χ3v) is 5.87. The number of ether oxygens (including phenoxy) is 1. The molecule has 0 atom stereocenters. The SMILES string of the molecule is COc1nc(CS(=O)(=O)c2cccc(Cl)c2Cl)ccc1Br. The highest BCUT2D eigenvalue weighted by Crippen LogP contribution is 2.31. The molecule has 0 unspecified atom stereocenters. The van der Waals surface area contributed by atoms with Crippen LogP contribution in [-0.2, 0) is 15.6 Å². The molecule has 1 heterocycles. The van der Waals surface area contributed by atoms with E-state index in [0.717, 1.165) is 0 Å². The van der Waals surface area contributed by atoms with Crippen LogP contribution >= 0.6 is 39.1 Å². The molecular weight excluding hydrogens is 401 g/mol. The van der Waals surface area contributed by atoms with E-state index >= 15 is 0 Å². The number of methoxy groups -OCH3 is 1. The smallest absolute Gasteiger partial charge is 0.227 e. The topological polar surface area (TPSA) is 56.3 Å². The predicted octanol–water partition coefficient (Wildman–Crippen LogP) is 4.13. The summed E-state index contributed by atoms with van der Waals surface area (Å²) in [5, 5.41) is 0.210. The van der Waals surface area contributed by atoms with Gasteiger partial charge in [0.25, 0.3) is 0 Å². The Kier molecular flexibility index (Phi) is 5.14. The van der Waals surface area contributed by atoms with Crippen LogP contribution in [0.5, 0.6) is 5.88 Å². The van der Waals surface area contributed by atoms with Gasteiger partial charge in [0.05, 0.1) is 38.0 Å². The van der Waals surface area contributed by atoms with E-state index in [1.54, 1.807) is 12.1 Å². The van der Waals surface area contributed by atoms with Gasteiger partial charge in [-0.05, 0) is 40.2 Å². The van der Waals surface area contributed by atoms with Gasteiger partial charge in [-0.3, -0.25) is 0 Å². The molecule has 0 radical (unpaired) electrons. The lowest BCUT2D eigenvalue weighted by Crippen LogP contribution is -2.07. The number of hydrogen-bond donors (Lipinski definition) is 0. The number of hydrogen-bond acceptors (Lipinski definition) is 4. The fraction of sp³-hybridized carbons (Fsp3) is 0.154. The molecule has 112 valence electrons. The van der Waals surface area contributed by atoms with Gasteiger partial charge < -0.3 is 4.74 Å². The number of sulfone groups is 1. The summed E-state index contributed by atoms with van der Waals surface area (Å²) in [5.41, 5.74) is 0.353. The number of pyridine rings is 1. The molecule has 1 aromatic heterocycles. The van der Waals surface area contributed by atoms with Gasteiger partial charge in [-0.1, -0.05) is 29.3 Å². The summed E-state index contributed by atoms with van der Waals surface area (Å²) in [5.74, 6) is 0.0244. The van der Waals surface area contributed by atoms with E-state index in [9.17, 15) is 8.42 Å². The first kappa shape index (κ1) is 16.5. The van der Waals surface area contributed by atoms with Gasteiger partial charge in [0.2, 0.25) is 5.88 Å². The van der Waals surface area contributed by atoms with E-state index in [1.165, 1.54) is 25.3 Å². The second-order valence-corrected chi connectivity index (χ2v) is 7.70. The highest BCUT2D eigenvalue weighted by atomic mass is 79.9. The van der Waals surface area contributed by atoms with Crippen molar-refractivity contribution < 1.29 is 13.2 Å². The van der Waals surface area contributed by atoms with E-state index < -0.39 is 9.84 Å². The average molecular weight is 411 g/mol. The molecule has 0 amide bonds. The molecule has 1 aromatic carbocycles. The van der Waals surface area contributed by atoms with Gasteiger partial charge in [0, 0.05) is 0 Å². The van der Waals surface area contributed by atoms with E-state index in [-0.39, 0.29) is 20.7 Å². The van der Waals surface area contributed by atoms with E-state index in [2.05, 4.69) is 20.9 Å². The summed E-state index contributed by atoms with van der Waals surface area (Å²) in [6, 6.07) is 7.76. The van der Waals surface area contributed by atoms with E-state index in [1.807, 2.05) is 0 Å². The van der Waals surface area contributed by atoms with Crippen molar-refractivity contribution in [1.29, 1.82) is 0 Å². The van der Waals surface area contributed by atoms with Crippen LogP contribution in [0.3, 0.4) is 0 Å². The first-order chi connectivity index (χ1) is 9.85. The number of nitrogens with zero attached hydrogens (tertiary/aromatic N) is 1. The normalized spacial score (nSPS) is 11.4. The lowest BCUT2D eigenvalue weighted by Gasteiger charge is -2.09. The average Bonchev–Trinajstić information content (AvgIpc) is 2.43. The van der Waals surface area contributed by atoms with Crippen LogP contribution in [0.4, 0.5) is 0 Å². The lowest BCUT2D eigenvalue weighted by atomic mass is 10.4. The Morgan fingerprint density at radius 1 is 1.24 bits per heavy atom. The zero-order chi connectivity index (χ0) is 15.6. The van der Waals surface area contributed by atoms with Gasteiger partial charge >= 0.3 is 0 Å². The zero-order valence-corrected chi connectivity index (χ0v) is 14.7. The van der Waals surface area contributed by atoms with Gasteiger partial charge in [0.15, 0.2) is 9.84 Å². The molecule has 0 N–H and O–H groups in total. The van der Waals surface area contributed by atoms with Crippen molar-refractivity contribution in [3.8, 4) is 5.88 Å². The highest BCUT2D eigenvalue weighted by Gasteiger charge is 2.21. The lowest BCUT2D eigenvalue weighted by molar-refractivity contribution is 0.394. The van der Waals surface area contributed by atoms with E-state index in [4.69, 9.17) is 27.9 Å². The zero-order valence-electron chi connectivity index (χ0n) is 10.8. The number of rotatable bonds is 4. The molecule has 0 saturated carbocycles. The Morgan fingerprint density at radius 2 is 1.95 bits per heavy atom. The van der Waals surface area contributed by atoms with Crippen LogP contribution in [0, 0.1) is 0 Å². The molecule has 0 spiro atoms. The number of aromatic nitrogens is 1. The Labute approximate surface area is 141 Å². The Balaban J connectivity index is 2.40. The summed E-state index contributed by atoms with van der Waals surface area (Å²) in [6.07, 6.45) is 0. The Morgan fingerprint density at radius 3 is 2.62 bits per heavy atom. The van der Waals surface area contributed by atoms with Crippen molar-refractivity contribution in [2.75, 3.05) is 7.11 Å². The quantitative estimate of drug-likeness (QED) is 0.760. The van der Waals surface area contributed by atoms with Crippen LogP contribution in [0.25, 0.3) is 0 Å². The Hall–Kier alpha value is -0.820. The standard InChI is InChI=1S/C13H10BrCl2NO3S/c1-20-13-9(14)6-5-8(17-13)7-21(18,19)11-4-2-3-10(15)12(11)16/h2-6H,7H2,1H3. The number of halogens is 3. The van der Waals surface area contributed by atoms with Gasteiger partial charge in [0.1, 0.15) is 0 Å². The summed E-state index contributed by atoms with van der Waals surface area (Å²) >= 11 is 15.1.